The Labute approximate surface area is 189 Å². The fourth-order valence-corrected chi connectivity index (χ4v) is 5.12. The zero-order valence-electron chi connectivity index (χ0n) is 18.5. The van der Waals surface area contributed by atoms with Gasteiger partial charge in [-0.2, -0.15) is 0 Å². The summed E-state index contributed by atoms with van der Waals surface area (Å²) in [4.78, 5) is 21.7. The largest absolute Gasteiger partial charge is 0.369 e. The summed E-state index contributed by atoms with van der Waals surface area (Å²) >= 11 is 1.38. The van der Waals surface area contributed by atoms with Crippen molar-refractivity contribution < 1.29 is 4.79 Å². The molecule has 1 saturated heterocycles. The molecule has 1 aliphatic heterocycles. The van der Waals surface area contributed by atoms with Crippen molar-refractivity contribution in [2.75, 3.05) is 48.7 Å². The van der Waals surface area contributed by atoms with Gasteiger partial charge < -0.3 is 15.1 Å². The molecule has 2 fully saturated rings. The molecule has 1 saturated carbocycles. The molecule has 1 aromatic heterocycles. The fourth-order valence-electron chi connectivity index (χ4n) is 4.50. The third-order valence-electron chi connectivity index (χ3n) is 6.44. The summed E-state index contributed by atoms with van der Waals surface area (Å²) in [5.41, 5.74) is 2.04. The Bertz CT molecular complexity index is 825. The van der Waals surface area contributed by atoms with Crippen LogP contribution >= 0.6 is 11.8 Å². The number of H-pyrrole nitrogens is 1. The highest BCUT2D eigenvalue weighted by atomic mass is 32.2. The number of nitrogens with zero attached hydrogens (tertiary/aromatic N) is 4. The zero-order chi connectivity index (χ0) is 21.5. The molecule has 7 nitrogen and oxygen atoms in total. The van der Waals surface area contributed by atoms with Crippen molar-refractivity contribution >= 4 is 29.0 Å². The summed E-state index contributed by atoms with van der Waals surface area (Å²) in [6.45, 7) is 7.65. The molecule has 2 aromatic rings. The number of hydrogen-bond acceptors (Lipinski definition) is 6. The van der Waals surface area contributed by atoms with Gasteiger partial charge in [0.2, 0.25) is 11.1 Å². The lowest BCUT2D eigenvalue weighted by atomic mass is 10.0. The predicted molar refractivity (Wildman–Crippen MR) is 127 cm³/mol. The highest BCUT2D eigenvalue weighted by Gasteiger charge is 2.17. The fraction of sp³-hybridized carbons (Fsp3) is 0.609. The van der Waals surface area contributed by atoms with Gasteiger partial charge in [0, 0.05) is 44.0 Å². The number of hydrogen-bond donors (Lipinski definition) is 2. The molecule has 31 heavy (non-hydrogen) atoms. The number of amides is 1. The van der Waals surface area contributed by atoms with Gasteiger partial charge in [0.05, 0.1) is 5.75 Å². The van der Waals surface area contributed by atoms with Crippen molar-refractivity contribution in [1.29, 1.82) is 0 Å². The standard InChI is InChI=1S/C23H34N6OS/c1-2-28-13-15-29(16-14-28)20-10-8-19(9-11-20)24-22(30)17-31-23-25-21(26-27-23)12-7-18-5-3-4-6-18/h8-11,18H,2-7,12-17H2,1H3,(H,24,30)(H,25,26,27). The van der Waals surface area contributed by atoms with Crippen molar-refractivity contribution in [2.45, 2.75) is 50.6 Å². The molecule has 8 heteroatoms. The van der Waals surface area contributed by atoms with Crippen LogP contribution in [0.5, 0.6) is 0 Å². The third-order valence-corrected chi connectivity index (χ3v) is 7.29. The molecule has 0 unspecified atom stereocenters. The number of likely N-dealkylation sites (N-methyl/N-ethyl adjacent to an activating group) is 1. The number of thioether (sulfide) groups is 1. The number of carbonyl (C=O) groups excluding carboxylic acids is 1. The summed E-state index contributed by atoms with van der Waals surface area (Å²) in [7, 11) is 0. The molecule has 1 amide bonds. The minimum Gasteiger partial charge on any atom is -0.369 e. The third kappa shape index (κ3) is 6.46. The van der Waals surface area contributed by atoms with Gasteiger partial charge >= 0.3 is 0 Å². The van der Waals surface area contributed by atoms with Gasteiger partial charge in [0.25, 0.3) is 0 Å². The number of carbonyl (C=O) groups is 1. The van der Waals surface area contributed by atoms with Gasteiger partial charge in [-0.25, -0.2) is 4.98 Å². The number of piperazine rings is 1. The highest BCUT2D eigenvalue weighted by molar-refractivity contribution is 7.99. The van der Waals surface area contributed by atoms with Crippen molar-refractivity contribution in [3.8, 4) is 0 Å². The average Bonchev–Trinajstić information content (AvgIpc) is 3.49. The summed E-state index contributed by atoms with van der Waals surface area (Å²) in [5, 5.41) is 10.9. The normalized spacial score (nSPS) is 17.9. The van der Waals surface area contributed by atoms with Crippen LogP contribution < -0.4 is 10.2 Å². The van der Waals surface area contributed by atoms with Crippen LogP contribution in [0.25, 0.3) is 0 Å². The summed E-state index contributed by atoms with van der Waals surface area (Å²) in [6.07, 6.45) is 7.58. The van der Waals surface area contributed by atoms with E-state index in [4.69, 9.17) is 0 Å². The lowest BCUT2D eigenvalue weighted by Gasteiger charge is -2.35. The Morgan fingerprint density at radius 2 is 1.90 bits per heavy atom. The maximum atomic E-state index is 12.3. The van der Waals surface area contributed by atoms with Crippen LogP contribution in [0.15, 0.2) is 29.4 Å². The number of rotatable bonds is 9. The van der Waals surface area contributed by atoms with Gasteiger partial charge in [-0.15, -0.1) is 5.10 Å². The number of nitrogens with one attached hydrogen (secondary N) is 2. The van der Waals surface area contributed by atoms with E-state index >= 15 is 0 Å². The topological polar surface area (TPSA) is 77.1 Å². The van der Waals surface area contributed by atoms with Gasteiger partial charge in [-0.05, 0) is 43.1 Å². The average molecular weight is 443 g/mol. The van der Waals surface area contributed by atoms with Crippen molar-refractivity contribution in [2.24, 2.45) is 5.92 Å². The lowest BCUT2D eigenvalue weighted by molar-refractivity contribution is -0.113. The molecule has 1 aliphatic carbocycles. The molecule has 2 heterocycles. The van der Waals surface area contributed by atoms with E-state index in [-0.39, 0.29) is 5.91 Å². The smallest absolute Gasteiger partial charge is 0.234 e. The number of aryl methyl sites for hydroxylation is 1. The minimum atomic E-state index is -0.0355. The van der Waals surface area contributed by atoms with Crippen molar-refractivity contribution in [1.82, 2.24) is 20.1 Å². The second-order valence-electron chi connectivity index (χ2n) is 8.56. The first-order valence-electron chi connectivity index (χ1n) is 11.6. The van der Waals surface area contributed by atoms with Crippen molar-refractivity contribution in [3.05, 3.63) is 30.1 Å². The Balaban J connectivity index is 1.18. The van der Waals surface area contributed by atoms with Crippen LogP contribution in [0.2, 0.25) is 0 Å². The highest BCUT2D eigenvalue weighted by Crippen LogP contribution is 2.28. The monoisotopic (exact) mass is 442 g/mol. The Morgan fingerprint density at radius 3 is 2.61 bits per heavy atom. The maximum absolute atomic E-state index is 12.3. The Hall–Kier alpha value is -2.06. The molecule has 168 valence electrons. The molecule has 0 radical (unpaired) electrons. The number of aromatic amines is 1. The SMILES string of the molecule is CCN1CCN(c2ccc(NC(=O)CSc3n[nH]c(CCC4CCCC4)n3)cc2)CC1. The van der Waals surface area contributed by atoms with Crippen LogP contribution in [-0.4, -0.2) is 64.5 Å². The van der Waals surface area contributed by atoms with E-state index in [1.54, 1.807) is 0 Å². The van der Waals surface area contributed by atoms with Gasteiger partial charge in [-0.1, -0.05) is 44.4 Å². The number of benzene rings is 1. The zero-order valence-corrected chi connectivity index (χ0v) is 19.3. The van der Waals surface area contributed by atoms with E-state index in [9.17, 15) is 4.79 Å². The predicted octanol–water partition coefficient (Wildman–Crippen LogP) is 3.80. The molecule has 4 rings (SSSR count). The van der Waals surface area contributed by atoms with Crippen LogP contribution in [0.4, 0.5) is 11.4 Å². The minimum absolute atomic E-state index is 0.0355. The molecule has 1 aromatic carbocycles. The van der Waals surface area contributed by atoms with E-state index in [0.717, 1.165) is 56.6 Å². The van der Waals surface area contributed by atoms with Gasteiger partial charge in [-0.3, -0.25) is 9.89 Å². The molecular formula is C23H34N6OS. The van der Waals surface area contributed by atoms with E-state index in [1.165, 1.54) is 49.6 Å². The first kappa shape index (κ1) is 22.1. The van der Waals surface area contributed by atoms with Crippen LogP contribution in [0.1, 0.15) is 44.9 Å². The second-order valence-corrected chi connectivity index (χ2v) is 9.50. The summed E-state index contributed by atoms with van der Waals surface area (Å²) < 4.78 is 0. The summed E-state index contributed by atoms with van der Waals surface area (Å²) in [5.74, 6) is 2.05. The van der Waals surface area contributed by atoms with Crippen LogP contribution in [0, 0.1) is 5.92 Å². The van der Waals surface area contributed by atoms with Crippen molar-refractivity contribution in [3.63, 3.8) is 0 Å². The maximum Gasteiger partial charge on any atom is 0.234 e. The molecule has 2 aliphatic rings. The first-order chi connectivity index (χ1) is 15.2. The van der Waals surface area contributed by atoms with E-state index in [1.807, 2.05) is 12.1 Å². The molecule has 0 bridgehead atoms. The second kappa shape index (κ2) is 11.0. The Kier molecular flexibility index (Phi) is 7.86. The quantitative estimate of drug-likeness (QED) is 0.575. The Morgan fingerprint density at radius 1 is 1.16 bits per heavy atom. The number of aromatic nitrogens is 3. The van der Waals surface area contributed by atoms with Crippen LogP contribution in [-0.2, 0) is 11.2 Å². The van der Waals surface area contributed by atoms with Gasteiger partial charge in [0.15, 0.2) is 0 Å². The molecular weight excluding hydrogens is 408 g/mol. The van der Waals surface area contributed by atoms with Gasteiger partial charge in [0.1, 0.15) is 5.82 Å². The van der Waals surface area contributed by atoms with E-state index < -0.39 is 0 Å². The van der Waals surface area contributed by atoms with E-state index in [0.29, 0.717) is 10.9 Å². The van der Waals surface area contributed by atoms with E-state index in [2.05, 4.69) is 49.4 Å². The molecule has 0 spiro atoms. The number of anilines is 2. The van der Waals surface area contributed by atoms with Crippen LogP contribution in [0.3, 0.4) is 0 Å². The summed E-state index contributed by atoms with van der Waals surface area (Å²) in [6, 6.07) is 8.16. The lowest BCUT2D eigenvalue weighted by Crippen LogP contribution is -2.46. The molecule has 0 atom stereocenters. The first-order valence-corrected chi connectivity index (χ1v) is 12.6. The molecule has 2 N–H and O–H groups in total.